The van der Waals surface area contributed by atoms with Gasteiger partial charge in [0.15, 0.2) is 5.82 Å². The summed E-state index contributed by atoms with van der Waals surface area (Å²) in [6.45, 7) is 17.1. The molecule has 5 fully saturated rings. The Balaban J connectivity index is 0.663. The molecule has 6 N–H and O–H groups in total. The van der Waals surface area contributed by atoms with E-state index in [-0.39, 0.29) is 59.9 Å². The van der Waals surface area contributed by atoms with Gasteiger partial charge in [-0.15, -0.1) is 21.5 Å². The Morgan fingerprint density at radius 1 is 0.933 bits per heavy atom. The van der Waals surface area contributed by atoms with Crippen LogP contribution in [0.4, 0.5) is 17.5 Å². The van der Waals surface area contributed by atoms with Gasteiger partial charge in [0, 0.05) is 75.1 Å². The molecule has 6 heterocycles. The van der Waals surface area contributed by atoms with E-state index in [0.29, 0.717) is 42.0 Å². The zero-order valence-corrected chi connectivity index (χ0v) is 45.1. The van der Waals surface area contributed by atoms with Crippen molar-refractivity contribution < 1.29 is 24.6 Å². The van der Waals surface area contributed by atoms with Crippen LogP contribution in [0.2, 0.25) is 0 Å². The standard InChI is InChI=1S/C57H74N12O5S/c1-7-42-31-67(46-21-45(64-65-51(46)58)44-10-8-9-11-48(44)71)29-34(2)69(42)55-60-27-41(28-61-55)38-16-18-66(19-17-38)30-37-22-57(23-37)24-40(25-57)52(72)63-50(56(4,5)6)54(74)68-32-43(70)20-47(68)53(73)59-26-36-12-14-39(15-13-36)49-35(3)62-33-75-49/h8-15,21,27-28,33-34,37-38,40,42-43,47,50,70-71H,7,16-20,22-26,29-32H2,1-6H3,(H2,58,65)(H,59,73)(H,63,72)/t34?,37-,40-,42?,43-,47+,50-,57?/m1/s1. The van der Waals surface area contributed by atoms with Crippen molar-refractivity contribution in [2.75, 3.05) is 54.8 Å². The molecule has 75 heavy (non-hydrogen) atoms. The number of aromatic hydroxyl groups is 1. The third kappa shape index (κ3) is 11.1. The number of aromatic nitrogens is 5. The molecule has 17 nitrogen and oxygen atoms in total. The van der Waals surface area contributed by atoms with E-state index in [9.17, 15) is 24.6 Å². The molecule has 5 aliphatic rings. The van der Waals surface area contributed by atoms with E-state index in [1.165, 1.54) is 10.5 Å². The Morgan fingerprint density at radius 2 is 1.65 bits per heavy atom. The minimum Gasteiger partial charge on any atom is -0.507 e. The van der Waals surface area contributed by atoms with Gasteiger partial charge in [0.25, 0.3) is 0 Å². The van der Waals surface area contributed by atoms with Gasteiger partial charge in [-0.05, 0) is 129 Å². The highest BCUT2D eigenvalue weighted by molar-refractivity contribution is 7.13. The highest BCUT2D eigenvalue weighted by atomic mass is 32.1. The molecular weight excluding hydrogens is 965 g/mol. The summed E-state index contributed by atoms with van der Waals surface area (Å²) in [6, 6.07) is 15.6. The summed E-state index contributed by atoms with van der Waals surface area (Å²) in [4.78, 5) is 65.8. The fraction of sp³-hybridized carbons (Fsp3) is 0.544. The number of nitrogens with two attached hydrogens (primary N) is 1. The summed E-state index contributed by atoms with van der Waals surface area (Å²) < 4.78 is 0. The molecule has 1 spiro atoms. The Bertz CT molecular complexity index is 2830. The first-order valence-electron chi connectivity index (χ1n) is 27.0. The van der Waals surface area contributed by atoms with Crippen LogP contribution >= 0.6 is 11.3 Å². The molecule has 3 amide bonds. The summed E-state index contributed by atoms with van der Waals surface area (Å²) in [6.07, 6.45) is 10.4. The molecule has 2 aliphatic carbocycles. The number of hydrogen-bond donors (Lipinski definition) is 5. The van der Waals surface area contributed by atoms with Crippen LogP contribution in [0, 0.1) is 29.6 Å². The lowest BCUT2D eigenvalue weighted by molar-refractivity contribution is -0.149. The fourth-order valence-electron chi connectivity index (χ4n) is 12.9. The quantitative estimate of drug-likeness (QED) is 0.0761. The molecular formula is C57H74N12O5S. The number of likely N-dealkylation sites (tertiary alicyclic amines) is 2. The molecule has 2 unspecified atom stereocenters. The average molecular weight is 1040 g/mol. The van der Waals surface area contributed by atoms with Crippen molar-refractivity contribution in [3.8, 4) is 27.4 Å². The monoisotopic (exact) mass is 1040 g/mol. The number of thiazole rings is 1. The number of phenolic OH excluding ortho intramolecular Hbond substituents is 1. The highest BCUT2D eigenvalue weighted by Crippen LogP contribution is 2.61. The maximum absolute atomic E-state index is 14.3. The Labute approximate surface area is 444 Å². The summed E-state index contributed by atoms with van der Waals surface area (Å²) in [5.41, 5.74) is 14.0. The molecule has 2 saturated carbocycles. The van der Waals surface area contributed by atoms with Gasteiger partial charge in [0.1, 0.15) is 17.8 Å². The number of piperazine rings is 1. The van der Waals surface area contributed by atoms with Crippen molar-refractivity contribution in [2.24, 2.45) is 22.7 Å². The first-order valence-corrected chi connectivity index (χ1v) is 27.9. The number of rotatable bonds is 14. The summed E-state index contributed by atoms with van der Waals surface area (Å²) >= 11 is 1.59. The molecule has 5 aromatic rings. The predicted molar refractivity (Wildman–Crippen MR) is 292 cm³/mol. The number of carbonyl (C=O) groups excluding carboxylic acids is 3. The number of piperidine rings is 1. The maximum atomic E-state index is 14.3. The molecule has 10 rings (SSSR count). The number of β-amino-alcohol motifs (C(OH)–C–C–N with tert-alkyl or cyclic N) is 1. The van der Waals surface area contributed by atoms with Gasteiger partial charge in [-0.3, -0.25) is 14.4 Å². The van der Waals surface area contributed by atoms with Crippen molar-refractivity contribution in [2.45, 2.75) is 136 Å². The second-order valence-electron chi connectivity index (χ2n) is 23.4. The number of nitrogens with zero attached hydrogens (tertiary/aromatic N) is 9. The van der Waals surface area contributed by atoms with Gasteiger partial charge in [-0.1, -0.05) is 64.1 Å². The van der Waals surface area contributed by atoms with Gasteiger partial charge in [-0.2, -0.15) is 0 Å². The van der Waals surface area contributed by atoms with Gasteiger partial charge >= 0.3 is 0 Å². The zero-order valence-electron chi connectivity index (χ0n) is 44.3. The predicted octanol–water partition coefficient (Wildman–Crippen LogP) is 6.94. The number of para-hydroxylation sites is 1. The van der Waals surface area contributed by atoms with Crippen LogP contribution < -0.4 is 26.2 Å². The van der Waals surface area contributed by atoms with E-state index >= 15 is 0 Å². The minimum absolute atomic E-state index is 0.0452. The normalized spacial score (nSPS) is 25.7. The fourth-order valence-corrected chi connectivity index (χ4v) is 13.7. The average Bonchev–Trinajstić information content (AvgIpc) is 4.01. The molecule has 18 heteroatoms. The van der Waals surface area contributed by atoms with E-state index in [1.807, 2.05) is 88.1 Å². The van der Waals surface area contributed by atoms with Gasteiger partial charge in [-0.25, -0.2) is 15.0 Å². The summed E-state index contributed by atoms with van der Waals surface area (Å²) in [5, 5.41) is 35.9. The number of phenols is 1. The molecule has 5 atom stereocenters. The van der Waals surface area contributed by atoms with E-state index in [4.69, 9.17) is 15.7 Å². The largest absolute Gasteiger partial charge is 0.507 e. The van der Waals surface area contributed by atoms with Gasteiger partial charge in [0.2, 0.25) is 23.7 Å². The Hall–Kier alpha value is -6.24. The SMILES string of the molecule is CCC1CN(c2cc(-c3ccccc3O)nnc2N)CC(C)N1c1ncc(C2CCN(C[C@H]3CC4(C3)C[C@H](C(=O)N[C@H](C(=O)N3C[C@H](O)C[C@H]3C(=O)NCc3ccc(-c5scnc5C)cc3)C(C)(C)C)C4)CC2)cn1. The van der Waals surface area contributed by atoms with Gasteiger partial charge in [0.05, 0.1) is 33.6 Å². The Morgan fingerprint density at radius 3 is 2.32 bits per heavy atom. The number of anilines is 3. The van der Waals surface area contributed by atoms with Crippen molar-refractivity contribution in [3.63, 3.8) is 0 Å². The first kappa shape index (κ1) is 52.2. The second kappa shape index (κ2) is 21.4. The number of aryl methyl sites for hydroxylation is 1. The number of nitrogens with one attached hydrogen (secondary N) is 2. The Kier molecular flexibility index (Phi) is 14.9. The van der Waals surface area contributed by atoms with Crippen LogP contribution in [0.15, 0.2) is 72.5 Å². The molecule has 3 aromatic heterocycles. The van der Waals surface area contributed by atoms with Crippen LogP contribution in [-0.2, 0) is 20.9 Å². The molecule has 2 aromatic carbocycles. The third-order valence-corrected chi connectivity index (χ3v) is 17.9. The molecule has 398 valence electrons. The molecule has 0 bridgehead atoms. The first-order chi connectivity index (χ1) is 36.0. The minimum atomic E-state index is -0.837. The smallest absolute Gasteiger partial charge is 0.246 e. The van der Waals surface area contributed by atoms with Crippen LogP contribution in [-0.4, -0.2) is 132 Å². The van der Waals surface area contributed by atoms with Crippen LogP contribution in [0.3, 0.4) is 0 Å². The van der Waals surface area contributed by atoms with Crippen molar-refractivity contribution in [1.29, 1.82) is 0 Å². The topological polar surface area (TPSA) is 219 Å². The number of nitrogen functional groups attached to an aromatic ring is 1. The maximum Gasteiger partial charge on any atom is 0.246 e. The number of carbonyl (C=O) groups is 3. The van der Waals surface area contributed by atoms with Gasteiger partial charge < -0.3 is 46.2 Å². The third-order valence-electron chi connectivity index (χ3n) is 16.9. The summed E-state index contributed by atoms with van der Waals surface area (Å²) in [5.74, 6) is 1.41. The molecule has 3 saturated heterocycles. The van der Waals surface area contributed by atoms with E-state index in [2.05, 4.69) is 54.4 Å². The molecule has 3 aliphatic heterocycles. The lowest BCUT2D eigenvalue weighted by Crippen LogP contribution is -2.60. The molecule has 0 radical (unpaired) electrons. The van der Waals surface area contributed by atoms with Crippen molar-refractivity contribution >= 4 is 46.5 Å². The second-order valence-corrected chi connectivity index (χ2v) is 24.3. The number of amides is 3. The number of aliphatic hydroxyl groups is 1. The van der Waals surface area contributed by atoms with Crippen LogP contribution in [0.25, 0.3) is 21.7 Å². The van der Waals surface area contributed by atoms with Crippen molar-refractivity contribution in [1.82, 2.24) is 45.6 Å². The zero-order chi connectivity index (χ0) is 52.8. The van der Waals surface area contributed by atoms with Crippen molar-refractivity contribution in [3.05, 3.63) is 89.3 Å². The van der Waals surface area contributed by atoms with E-state index in [1.54, 1.807) is 23.5 Å². The lowest BCUT2D eigenvalue weighted by atomic mass is 9.48. The summed E-state index contributed by atoms with van der Waals surface area (Å²) in [7, 11) is 0. The van der Waals surface area contributed by atoms with E-state index < -0.39 is 23.6 Å². The number of aliphatic hydroxyl groups excluding tert-OH is 1. The van der Waals surface area contributed by atoms with Crippen LogP contribution in [0.1, 0.15) is 109 Å². The lowest BCUT2D eigenvalue weighted by Gasteiger charge is -2.58. The number of benzene rings is 2. The van der Waals surface area contributed by atoms with E-state index in [0.717, 1.165) is 104 Å². The number of hydrogen-bond acceptors (Lipinski definition) is 15. The highest BCUT2D eigenvalue weighted by Gasteiger charge is 2.55. The van der Waals surface area contributed by atoms with Crippen LogP contribution in [0.5, 0.6) is 5.75 Å².